The third-order valence-corrected chi connectivity index (χ3v) is 6.11. The molecule has 0 unspecified atom stereocenters. The van der Waals surface area contributed by atoms with Crippen molar-refractivity contribution < 1.29 is 4.79 Å². The molecule has 5 N–H and O–H groups in total. The van der Waals surface area contributed by atoms with E-state index in [-0.39, 0.29) is 11.9 Å². The lowest BCUT2D eigenvalue weighted by molar-refractivity contribution is -0.117. The van der Waals surface area contributed by atoms with Crippen molar-refractivity contribution in [2.45, 2.75) is 18.9 Å². The first-order chi connectivity index (χ1) is 17.1. The summed E-state index contributed by atoms with van der Waals surface area (Å²) in [5.41, 5.74) is 4.81. The second-order valence-electron chi connectivity index (χ2n) is 8.45. The van der Waals surface area contributed by atoms with Gasteiger partial charge in [-0.3, -0.25) is 4.79 Å². The normalized spacial score (nSPS) is 15.1. The standard InChI is InChI=1S/C27H27N7O/c1-29-22-12-11-20(15-18(22)16-28)31-26-21-8-2-3-9-23(21)33-25(34-26)17-6-4-7-19(14-17)32-27(35)24-10-5-13-30-24/h2-4,6-9,11-12,14-16,24,28-30H,5,10,13H2,1H3,(H,32,35)(H,31,33,34)/t24-/m1/s1. The Morgan fingerprint density at radius 1 is 1.06 bits per heavy atom. The number of amides is 1. The van der Waals surface area contributed by atoms with Crippen LogP contribution in [-0.2, 0) is 4.79 Å². The molecule has 0 saturated carbocycles. The summed E-state index contributed by atoms with van der Waals surface area (Å²) in [7, 11) is 1.83. The number of carbonyl (C=O) groups is 1. The maximum Gasteiger partial charge on any atom is 0.241 e. The highest BCUT2D eigenvalue weighted by molar-refractivity contribution is 5.96. The van der Waals surface area contributed by atoms with Crippen LogP contribution in [0.15, 0.2) is 66.7 Å². The van der Waals surface area contributed by atoms with Gasteiger partial charge in [0.15, 0.2) is 5.82 Å². The Balaban J connectivity index is 1.49. The number of aromatic nitrogens is 2. The van der Waals surface area contributed by atoms with E-state index < -0.39 is 0 Å². The second-order valence-corrected chi connectivity index (χ2v) is 8.45. The van der Waals surface area contributed by atoms with Crippen molar-refractivity contribution >= 4 is 45.9 Å². The molecule has 4 aromatic rings. The van der Waals surface area contributed by atoms with E-state index in [0.29, 0.717) is 17.3 Å². The lowest BCUT2D eigenvalue weighted by Crippen LogP contribution is -2.35. The second kappa shape index (κ2) is 9.90. The van der Waals surface area contributed by atoms with Gasteiger partial charge in [-0.05, 0) is 61.9 Å². The van der Waals surface area contributed by atoms with Crippen LogP contribution in [0.5, 0.6) is 0 Å². The van der Waals surface area contributed by atoms with E-state index in [9.17, 15) is 4.79 Å². The zero-order valence-electron chi connectivity index (χ0n) is 19.4. The van der Waals surface area contributed by atoms with Crippen LogP contribution in [0.3, 0.4) is 0 Å². The molecular weight excluding hydrogens is 438 g/mol. The Labute approximate surface area is 203 Å². The Morgan fingerprint density at radius 2 is 1.94 bits per heavy atom. The molecule has 1 atom stereocenters. The number of nitrogens with zero attached hydrogens (tertiary/aromatic N) is 2. The third-order valence-electron chi connectivity index (χ3n) is 6.11. The van der Waals surface area contributed by atoms with E-state index in [1.54, 1.807) is 0 Å². The summed E-state index contributed by atoms with van der Waals surface area (Å²) in [6.07, 6.45) is 3.18. The van der Waals surface area contributed by atoms with Gasteiger partial charge in [0, 0.05) is 46.8 Å². The summed E-state index contributed by atoms with van der Waals surface area (Å²) < 4.78 is 0. The van der Waals surface area contributed by atoms with Gasteiger partial charge in [-0.1, -0.05) is 24.3 Å². The van der Waals surface area contributed by atoms with Crippen LogP contribution >= 0.6 is 0 Å². The first-order valence-electron chi connectivity index (χ1n) is 11.7. The fourth-order valence-corrected chi connectivity index (χ4v) is 4.30. The van der Waals surface area contributed by atoms with Gasteiger partial charge in [-0.2, -0.15) is 0 Å². The molecule has 2 heterocycles. The van der Waals surface area contributed by atoms with Crippen LogP contribution in [0, 0.1) is 5.41 Å². The van der Waals surface area contributed by atoms with Crippen LogP contribution in [0.25, 0.3) is 22.3 Å². The van der Waals surface area contributed by atoms with Crippen molar-refractivity contribution in [1.29, 1.82) is 5.41 Å². The first kappa shape index (κ1) is 22.5. The monoisotopic (exact) mass is 465 g/mol. The van der Waals surface area contributed by atoms with Gasteiger partial charge in [0.25, 0.3) is 0 Å². The van der Waals surface area contributed by atoms with Crippen LogP contribution < -0.4 is 21.3 Å². The molecule has 8 heteroatoms. The average molecular weight is 466 g/mol. The van der Waals surface area contributed by atoms with Crippen LogP contribution in [0.4, 0.5) is 22.9 Å². The van der Waals surface area contributed by atoms with E-state index in [4.69, 9.17) is 15.4 Å². The van der Waals surface area contributed by atoms with E-state index >= 15 is 0 Å². The molecule has 5 rings (SSSR count). The van der Waals surface area contributed by atoms with Gasteiger partial charge in [0.2, 0.25) is 5.91 Å². The van der Waals surface area contributed by atoms with Crippen molar-refractivity contribution in [3.63, 3.8) is 0 Å². The fourth-order valence-electron chi connectivity index (χ4n) is 4.30. The zero-order chi connectivity index (χ0) is 24.2. The topological polar surface area (TPSA) is 115 Å². The largest absolute Gasteiger partial charge is 0.388 e. The Kier molecular flexibility index (Phi) is 6.36. The third kappa shape index (κ3) is 4.83. The van der Waals surface area contributed by atoms with E-state index in [2.05, 4.69) is 21.3 Å². The molecule has 1 fully saturated rings. The zero-order valence-corrected chi connectivity index (χ0v) is 19.4. The van der Waals surface area contributed by atoms with E-state index in [0.717, 1.165) is 52.8 Å². The highest BCUT2D eigenvalue weighted by Gasteiger charge is 2.22. The summed E-state index contributed by atoms with van der Waals surface area (Å²) in [4.78, 5) is 22.2. The van der Waals surface area contributed by atoms with Crippen LogP contribution in [-0.4, -0.2) is 41.7 Å². The minimum atomic E-state index is -0.147. The maximum absolute atomic E-state index is 12.6. The predicted octanol–water partition coefficient (Wildman–Crippen LogP) is 4.77. The lowest BCUT2D eigenvalue weighted by atomic mass is 10.1. The molecule has 1 aliphatic rings. The number of benzene rings is 3. The number of hydrogen-bond donors (Lipinski definition) is 5. The van der Waals surface area contributed by atoms with Crippen molar-refractivity contribution in [2.24, 2.45) is 0 Å². The lowest BCUT2D eigenvalue weighted by Gasteiger charge is -2.14. The van der Waals surface area contributed by atoms with Crippen LogP contribution in [0.1, 0.15) is 18.4 Å². The van der Waals surface area contributed by atoms with Gasteiger partial charge in [-0.25, -0.2) is 9.97 Å². The van der Waals surface area contributed by atoms with Gasteiger partial charge in [0.05, 0.1) is 11.6 Å². The maximum atomic E-state index is 12.6. The smallest absolute Gasteiger partial charge is 0.241 e. The summed E-state index contributed by atoms with van der Waals surface area (Å²) in [6, 6.07) is 21.1. The minimum Gasteiger partial charge on any atom is -0.388 e. The first-order valence-corrected chi connectivity index (χ1v) is 11.7. The van der Waals surface area contributed by atoms with E-state index in [1.165, 1.54) is 6.21 Å². The molecule has 1 aromatic heterocycles. The number of hydrogen-bond acceptors (Lipinski definition) is 7. The number of para-hydroxylation sites is 1. The number of rotatable bonds is 7. The Morgan fingerprint density at radius 3 is 2.74 bits per heavy atom. The summed E-state index contributed by atoms with van der Waals surface area (Å²) in [5, 5.41) is 21.3. The molecule has 0 aliphatic carbocycles. The molecule has 0 radical (unpaired) electrons. The minimum absolute atomic E-state index is 0.0200. The molecule has 0 spiro atoms. The summed E-state index contributed by atoms with van der Waals surface area (Å²) >= 11 is 0. The molecule has 1 amide bonds. The molecule has 0 bridgehead atoms. The molecule has 35 heavy (non-hydrogen) atoms. The summed E-state index contributed by atoms with van der Waals surface area (Å²) in [5.74, 6) is 1.21. The molecule has 1 saturated heterocycles. The van der Waals surface area contributed by atoms with Gasteiger partial charge >= 0.3 is 0 Å². The highest BCUT2D eigenvalue weighted by Crippen LogP contribution is 2.29. The van der Waals surface area contributed by atoms with Crippen molar-refractivity contribution in [3.05, 3.63) is 72.3 Å². The Hall–Kier alpha value is -4.30. The number of anilines is 4. The number of carbonyl (C=O) groups excluding carboxylic acids is 1. The highest BCUT2D eigenvalue weighted by atomic mass is 16.2. The number of fused-ring (bicyclic) bond motifs is 1. The molecule has 1 aliphatic heterocycles. The molecular formula is C27H27N7O. The SMILES string of the molecule is CNc1ccc(Nc2nc(-c3cccc(NC(=O)[C@H]4CCCN4)c3)nc3ccccc23)cc1C=N. The van der Waals surface area contributed by atoms with Crippen molar-refractivity contribution in [3.8, 4) is 11.4 Å². The fraction of sp³-hybridized carbons (Fsp3) is 0.185. The molecule has 176 valence electrons. The van der Waals surface area contributed by atoms with E-state index in [1.807, 2.05) is 73.8 Å². The number of nitrogens with one attached hydrogen (secondary N) is 5. The van der Waals surface area contributed by atoms with Crippen molar-refractivity contribution in [2.75, 3.05) is 29.5 Å². The molecule has 3 aromatic carbocycles. The predicted molar refractivity (Wildman–Crippen MR) is 142 cm³/mol. The quantitative estimate of drug-likeness (QED) is 0.251. The summed E-state index contributed by atoms with van der Waals surface area (Å²) in [6.45, 7) is 0.873. The Bertz CT molecular complexity index is 1400. The van der Waals surface area contributed by atoms with Gasteiger partial charge in [-0.15, -0.1) is 0 Å². The van der Waals surface area contributed by atoms with Crippen molar-refractivity contribution in [1.82, 2.24) is 15.3 Å². The van der Waals surface area contributed by atoms with Gasteiger partial charge < -0.3 is 26.7 Å². The van der Waals surface area contributed by atoms with Crippen LogP contribution in [0.2, 0.25) is 0 Å². The molecule has 8 nitrogen and oxygen atoms in total. The average Bonchev–Trinajstić information content (AvgIpc) is 3.44. The van der Waals surface area contributed by atoms with Gasteiger partial charge in [0.1, 0.15) is 5.82 Å².